The molecule has 118 valence electrons. The van der Waals surface area contributed by atoms with Crippen LogP contribution in [0.15, 0.2) is 22.0 Å². The van der Waals surface area contributed by atoms with E-state index in [4.69, 9.17) is 11.6 Å². The van der Waals surface area contributed by atoms with Crippen LogP contribution in [0.3, 0.4) is 0 Å². The second-order valence-corrected chi connectivity index (χ2v) is 8.02. The van der Waals surface area contributed by atoms with Crippen LogP contribution in [-0.2, 0) is 14.8 Å². The van der Waals surface area contributed by atoms with Crippen LogP contribution in [0.1, 0.15) is 20.8 Å². The third-order valence-corrected chi connectivity index (χ3v) is 4.48. The Bertz CT molecular complexity index is 691. The standard InChI is InChI=1S/C12H18ClN3O4S/c1-12(2,3)15-10(17)7-16(4)21(19,20)8-5-9(13)11(18)14-6-8/h5-6H,7H2,1-4H3,(H,14,18)(H,15,17). The normalized spacial score (nSPS) is 12.5. The Morgan fingerprint density at radius 1 is 1.43 bits per heavy atom. The van der Waals surface area contributed by atoms with Gasteiger partial charge in [0.05, 0.1) is 11.4 Å². The van der Waals surface area contributed by atoms with E-state index in [2.05, 4.69) is 10.3 Å². The number of likely N-dealkylation sites (N-methyl/N-ethyl adjacent to an activating group) is 1. The van der Waals surface area contributed by atoms with Gasteiger partial charge in [-0.1, -0.05) is 11.6 Å². The Kier molecular flexibility index (Phi) is 5.19. The lowest BCUT2D eigenvalue weighted by atomic mass is 10.1. The molecular weight excluding hydrogens is 318 g/mol. The summed E-state index contributed by atoms with van der Waals surface area (Å²) < 4.78 is 25.4. The lowest BCUT2D eigenvalue weighted by Crippen LogP contribution is -2.46. The van der Waals surface area contributed by atoms with Crippen LogP contribution in [0, 0.1) is 0 Å². The molecule has 0 fully saturated rings. The molecule has 0 aromatic carbocycles. The summed E-state index contributed by atoms with van der Waals surface area (Å²) in [6.07, 6.45) is 1.04. The number of H-pyrrole nitrogens is 1. The molecule has 1 aromatic heterocycles. The maximum atomic E-state index is 12.3. The number of sulfonamides is 1. The zero-order chi connectivity index (χ0) is 16.4. The molecule has 0 unspecified atom stereocenters. The van der Waals surface area contributed by atoms with Crippen LogP contribution in [0.25, 0.3) is 0 Å². The highest BCUT2D eigenvalue weighted by atomic mass is 35.5. The number of carbonyl (C=O) groups is 1. The van der Waals surface area contributed by atoms with Crippen molar-refractivity contribution in [3.05, 3.63) is 27.6 Å². The molecule has 9 heteroatoms. The first-order valence-electron chi connectivity index (χ1n) is 6.09. The highest BCUT2D eigenvalue weighted by molar-refractivity contribution is 7.89. The summed E-state index contributed by atoms with van der Waals surface area (Å²) in [5.41, 5.74) is -1.04. The average Bonchev–Trinajstić information content (AvgIpc) is 2.29. The smallest absolute Gasteiger partial charge is 0.266 e. The van der Waals surface area contributed by atoms with Crippen molar-refractivity contribution in [1.82, 2.24) is 14.6 Å². The SMILES string of the molecule is CN(CC(=O)NC(C)(C)C)S(=O)(=O)c1c[nH]c(=O)c(Cl)c1. The van der Waals surface area contributed by atoms with Gasteiger partial charge in [-0.3, -0.25) is 9.59 Å². The predicted octanol–water partition coefficient (Wildman–Crippen LogP) is 0.563. The molecule has 1 rings (SSSR count). The monoisotopic (exact) mass is 335 g/mol. The van der Waals surface area contributed by atoms with E-state index in [-0.39, 0.29) is 16.5 Å². The Morgan fingerprint density at radius 2 is 2.00 bits per heavy atom. The minimum Gasteiger partial charge on any atom is -0.350 e. The molecule has 0 radical (unpaired) electrons. The zero-order valence-corrected chi connectivity index (χ0v) is 13.8. The third-order valence-electron chi connectivity index (χ3n) is 2.42. The molecule has 1 amide bonds. The highest BCUT2D eigenvalue weighted by Crippen LogP contribution is 2.15. The number of rotatable bonds is 4. The molecule has 21 heavy (non-hydrogen) atoms. The first-order valence-corrected chi connectivity index (χ1v) is 7.91. The number of carbonyl (C=O) groups excluding carboxylic acids is 1. The molecule has 0 saturated carbocycles. The van der Waals surface area contributed by atoms with E-state index < -0.39 is 27.0 Å². The van der Waals surface area contributed by atoms with Gasteiger partial charge in [0, 0.05) is 18.8 Å². The number of hydrogen-bond donors (Lipinski definition) is 2. The van der Waals surface area contributed by atoms with Crippen molar-refractivity contribution in [1.29, 1.82) is 0 Å². The first kappa shape index (κ1) is 17.7. The van der Waals surface area contributed by atoms with Gasteiger partial charge in [0.1, 0.15) is 5.02 Å². The Hall–Kier alpha value is -1.38. The largest absolute Gasteiger partial charge is 0.350 e. The number of halogens is 1. The maximum absolute atomic E-state index is 12.3. The Labute approximate surface area is 128 Å². The van der Waals surface area contributed by atoms with Crippen molar-refractivity contribution >= 4 is 27.5 Å². The topological polar surface area (TPSA) is 99.3 Å². The molecule has 0 atom stereocenters. The lowest BCUT2D eigenvalue weighted by Gasteiger charge is -2.23. The van der Waals surface area contributed by atoms with Gasteiger partial charge in [0.15, 0.2) is 0 Å². The van der Waals surface area contributed by atoms with E-state index in [0.717, 1.165) is 16.6 Å². The van der Waals surface area contributed by atoms with Gasteiger partial charge in [-0.05, 0) is 26.8 Å². The Balaban J connectivity index is 2.94. The number of nitrogens with zero attached hydrogens (tertiary/aromatic N) is 1. The van der Waals surface area contributed by atoms with Crippen molar-refractivity contribution in [2.75, 3.05) is 13.6 Å². The van der Waals surface area contributed by atoms with E-state index >= 15 is 0 Å². The maximum Gasteiger partial charge on any atom is 0.266 e. The van der Waals surface area contributed by atoms with E-state index in [1.165, 1.54) is 7.05 Å². The number of pyridine rings is 1. The summed E-state index contributed by atoms with van der Waals surface area (Å²) >= 11 is 5.61. The number of aromatic nitrogens is 1. The molecule has 0 aliphatic carbocycles. The number of aromatic amines is 1. The predicted molar refractivity (Wildman–Crippen MR) is 79.8 cm³/mol. The fraction of sp³-hybridized carbons (Fsp3) is 0.500. The molecule has 1 heterocycles. The quantitative estimate of drug-likeness (QED) is 0.840. The van der Waals surface area contributed by atoms with Crippen molar-refractivity contribution in [3.63, 3.8) is 0 Å². The fourth-order valence-electron chi connectivity index (χ4n) is 1.51. The van der Waals surface area contributed by atoms with Crippen LogP contribution in [0.4, 0.5) is 0 Å². The summed E-state index contributed by atoms with van der Waals surface area (Å²) in [5.74, 6) is -0.427. The summed E-state index contributed by atoms with van der Waals surface area (Å²) in [6, 6.07) is 1.05. The summed E-state index contributed by atoms with van der Waals surface area (Å²) in [5, 5.41) is 2.43. The second kappa shape index (κ2) is 6.17. The van der Waals surface area contributed by atoms with Gasteiger partial charge in [-0.2, -0.15) is 4.31 Å². The molecule has 0 bridgehead atoms. The van der Waals surface area contributed by atoms with Crippen molar-refractivity contribution in [3.8, 4) is 0 Å². The highest BCUT2D eigenvalue weighted by Gasteiger charge is 2.25. The minimum absolute atomic E-state index is 0.182. The van der Waals surface area contributed by atoms with E-state index in [1.807, 2.05) is 0 Å². The zero-order valence-electron chi connectivity index (χ0n) is 12.2. The van der Waals surface area contributed by atoms with Crippen LogP contribution in [-0.4, -0.2) is 42.7 Å². The van der Waals surface area contributed by atoms with Crippen molar-refractivity contribution in [2.24, 2.45) is 0 Å². The van der Waals surface area contributed by atoms with Crippen LogP contribution in [0.2, 0.25) is 5.02 Å². The average molecular weight is 336 g/mol. The molecule has 0 aliphatic heterocycles. The van der Waals surface area contributed by atoms with Gasteiger partial charge in [0.2, 0.25) is 15.9 Å². The van der Waals surface area contributed by atoms with Crippen LogP contribution in [0.5, 0.6) is 0 Å². The molecule has 2 N–H and O–H groups in total. The van der Waals surface area contributed by atoms with Gasteiger partial charge in [-0.15, -0.1) is 0 Å². The number of hydrogen-bond acceptors (Lipinski definition) is 4. The lowest BCUT2D eigenvalue weighted by molar-refractivity contribution is -0.122. The van der Waals surface area contributed by atoms with Crippen LogP contribution < -0.4 is 10.9 Å². The summed E-state index contributed by atoms with van der Waals surface area (Å²) in [4.78, 5) is 25.0. The van der Waals surface area contributed by atoms with E-state index in [9.17, 15) is 18.0 Å². The first-order chi connectivity index (χ1) is 9.43. The summed E-state index contributed by atoms with van der Waals surface area (Å²) in [7, 11) is -2.64. The molecule has 0 aliphatic rings. The summed E-state index contributed by atoms with van der Waals surface area (Å²) in [6.45, 7) is 5.04. The molecule has 0 saturated heterocycles. The third kappa shape index (κ3) is 4.83. The second-order valence-electron chi connectivity index (χ2n) is 5.57. The van der Waals surface area contributed by atoms with Gasteiger partial charge in [0.25, 0.3) is 5.56 Å². The molecule has 1 aromatic rings. The van der Waals surface area contributed by atoms with Crippen molar-refractivity contribution < 1.29 is 13.2 Å². The van der Waals surface area contributed by atoms with Crippen molar-refractivity contribution in [2.45, 2.75) is 31.2 Å². The molecular formula is C12H18ClN3O4S. The fourth-order valence-corrected chi connectivity index (χ4v) is 2.87. The minimum atomic E-state index is -3.91. The molecule has 0 spiro atoms. The van der Waals surface area contributed by atoms with Gasteiger partial charge in [-0.25, -0.2) is 8.42 Å². The Morgan fingerprint density at radius 3 is 2.48 bits per heavy atom. The molecule has 7 nitrogen and oxygen atoms in total. The van der Waals surface area contributed by atoms with Crippen LogP contribution >= 0.6 is 11.6 Å². The van der Waals surface area contributed by atoms with Gasteiger partial charge >= 0.3 is 0 Å². The number of nitrogens with one attached hydrogen (secondary N) is 2. The van der Waals surface area contributed by atoms with Gasteiger partial charge < -0.3 is 10.3 Å². The van der Waals surface area contributed by atoms with E-state index in [1.54, 1.807) is 20.8 Å². The number of amides is 1. The van der Waals surface area contributed by atoms with E-state index in [0.29, 0.717) is 0 Å².